The highest BCUT2D eigenvalue weighted by molar-refractivity contribution is 5.96. The van der Waals surface area contributed by atoms with E-state index in [9.17, 15) is 23.2 Å². The Labute approximate surface area is 229 Å². The molecule has 0 bridgehead atoms. The van der Waals surface area contributed by atoms with E-state index >= 15 is 0 Å². The van der Waals surface area contributed by atoms with E-state index in [1.807, 2.05) is 35.3 Å². The highest BCUT2D eigenvalue weighted by atomic mass is 19.2. The Morgan fingerprint density at radius 1 is 1.07 bits per heavy atom. The van der Waals surface area contributed by atoms with Crippen LogP contribution in [-0.4, -0.2) is 47.7 Å². The van der Waals surface area contributed by atoms with Crippen LogP contribution in [-0.2, 0) is 15.9 Å². The van der Waals surface area contributed by atoms with E-state index in [0.29, 0.717) is 30.4 Å². The number of hydrogen-bond acceptors (Lipinski definition) is 7. The molecule has 5 rings (SSSR count). The van der Waals surface area contributed by atoms with Gasteiger partial charge in [0.15, 0.2) is 17.3 Å². The van der Waals surface area contributed by atoms with Crippen LogP contribution in [0.4, 0.5) is 13.6 Å². The molecule has 2 unspecified atom stereocenters. The number of aromatic nitrogens is 1. The second kappa shape index (κ2) is 11.0. The third kappa shape index (κ3) is 4.99. The predicted octanol–water partition coefficient (Wildman–Crippen LogP) is 4.50. The SMILES string of the molecule is CC(C)OC(=O)OCOc1c2n(ccc1=O)N1C(c3ccccc3)c3cc(F)c(F)cc3CCCC1N(C)C2=O. The van der Waals surface area contributed by atoms with Crippen LogP contribution in [0.2, 0.25) is 0 Å². The Kier molecular flexibility index (Phi) is 7.46. The summed E-state index contributed by atoms with van der Waals surface area (Å²) in [6.07, 6.45) is 1.20. The van der Waals surface area contributed by atoms with Crippen molar-refractivity contribution < 1.29 is 32.6 Å². The minimum atomic E-state index is -0.984. The molecule has 3 aromatic rings. The van der Waals surface area contributed by atoms with Crippen LogP contribution in [0.3, 0.4) is 0 Å². The maximum Gasteiger partial charge on any atom is 0.511 e. The summed E-state index contributed by atoms with van der Waals surface area (Å²) in [4.78, 5) is 39.9. The highest BCUT2D eigenvalue weighted by Gasteiger charge is 2.43. The van der Waals surface area contributed by atoms with Gasteiger partial charge in [-0.3, -0.25) is 19.3 Å². The molecule has 0 spiro atoms. The first-order chi connectivity index (χ1) is 19.2. The molecule has 2 aromatic carbocycles. The van der Waals surface area contributed by atoms with Crippen molar-refractivity contribution >= 4 is 12.1 Å². The van der Waals surface area contributed by atoms with Gasteiger partial charge in [-0.25, -0.2) is 13.6 Å². The maximum atomic E-state index is 14.7. The Morgan fingerprint density at radius 3 is 2.52 bits per heavy atom. The number of ether oxygens (including phenoxy) is 3. The average molecular weight is 554 g/mol. The first-order valence-electron chi connectivity index (χ1n) is 13.0. The second-order valence-electron chi connectivity index (χ2n) is 9.97. The third-order valence-corrected chi connectivity index (χ3v) is 7.04. The van der Waals surface area contributed by atoms with Gasteiger partial charge in [-0.1, -0.05) is 30.3 Å². The van der Waals surface area contributed by atoms with Crippen LogP contribution < -0.4 is 15.2 Å². The van der Waals surface area contributed by atoms with Crippen LogP contribution in [0.1, 0.15) is 59.9 Å². The topological polar surface area (TPSA) is 90.3 Å². The monoisotopic (exact) mass is 553 g/mol. The largest absolute Gasteiger partial charge is 0.511 e. The Morgan fingerprint density at radius 2 is 1.80 bits per heavy atom. The zero-order valence-corrected chi connectivity index (χ0v) is 22.3. The van der Waals surface area contributed by atoms with Crippen molar-refractivity contribution in [2.75, 3.05) is 18.8 Å². The summed E-state index contributed by atoms with van der Waals surface area (Å²) in [5, 5.41) is 1.88. The van der Waals surface area contributed by atoms with Gasteiger partial charge < -0.3 is 19.1 Å². The van der Waals surface area contributed by atoms with Crippen molar-refractivity contribution in [3.05, 3.63) is 99.0 Å². The highest BCUT2D eigenvalue weighted by Crippen LogP contribution is 2.39. The zero-order chi connectivity index (χ0) is 28.6. The third-order valence-electron chi connectivity index (χ3n) is 7.04. The molecule has 0 saturated heterocycles. The van der Waals surface area contributed by atoms with E-state index in [-0.39, 0.29) is 11.4 Å². The summed E-state index contributed by atoms with van der Waals surface area (Å²) in [6, 6.07) is 12.3. The molecule has 3 heterocycles. The van der Waals surface area contributed by atoms with E-state index in [1.54, 1.807) is 20.9 Å². The molecule has 2 atom stereocenters. The molecule has 2 aliphatic rings. The van der Waals surface area contributed by atoms with E-state index in [2.05, 4.69) is 0 Å². The summed E-state index contributed by atoms with van der Waals surface area (Å²) in [6.45, 7) is 2.64. The van der Waals surface area contributed by atoms with E-state index in [4.69, 9.17) is 14.2 Å². The Bertz CT molecular complexity index is 1490. The maximum absolute atomic E-state index is 14.7. The summed E-state index contributed by atoms with van der Waals surface area (Å²) < 4.78 is 46.0. The van der Waals surface area contributed by atoms with Gasteiger partial charge in [0, 0.05) is 19.3 Å². The fourth-order valence-electron chi connectivity index (χ4n) is 5.30. The molecule has 9 nitrogen and oxygen atoms in total. The first-order valence-corrected chi connectivity index (χ1v) is 13.0. The van der Waals surface area contributed by atoms with Gasteiger partial charge in [0.05, 0.1) is 12.1 Å². The van der Waals surface area contributed by atoms with E-state index < -0.39 is 54.2 Å². The smallest absolute Gasteiger partial charge is 0.451 e. The molecular weight excluding hydrogens is 524 g/mol. The zero-order valence-electron chi connectivity index (χ0n) is 22.3. The van der Waals surface area contributed by atoms with Gasteiger partial charge in [-0.05, 0) is 61.9 Å². The summed E-state index contributed by atoms with van der Waals surface area (Å²) in [5.41, 5.74) is 1.30. The van der Waals surface area contributed by atoms with Crippen molar-refractivity contribution in [3.63, 3.8) is 0 Å². The van der Waals surface area contributed by atoms with Gasteiger partial charge in [-0.15, -0.1) is 0 Å². The molecular formula is C29H29F2N3O6. The van der Waals surface area contributed by atoms with Gasteiger partial charge >= 0.3 is 6.16 Å². The number of carbonyl (C=O) groups is 2. The van der Waals surface area contributed by atoms with Crippen molar-refractivity contribution in [2.24, 2.45) is 0 Å². The van der Waals surface area contributed by atoms with Crippen LogP contribution in [0, 0.1) is 11.6 Å². The molecule has 1 aromatic heterocycles. The quantitative estimate of drug-likeness (QED) is 0.340. The number of pyridine rings is 1. The molecule has 0 N–H and O–H groups in total. The van der Waals surface area contributed by atoms with E-state index in [0.717, 1.165) is 5.56 Å². The summed E-state index contributed by atoms with van der Waals surface area (Å²) >= 11 is 0. The van der Waals surface area contributed by atoms with Crippen LogP contribution >= 0.6 is 0 Å². The first kappa shape index (κ1) is 27.2. The van der Waals surface area contributed by atoms with Crippen molar-refractivity contribution in [3.8, 4) is 5.75 Å². The van der Waals surface area contributed by atoms with Gasteiger partial charge in [-0.2, -0.15) is 0 Å². The number of amides is 1. The minimum absolute atomic E-state index is 0.0854. The molecule has 2 aliphatic heterocycles. The van der Waals surface area contributed by atoms with Gasteiger partial charge in [0.1, 0.15) is 6.17 Å². The average Bonchev–Trinajstić information content (AvgIpc) is 2.91. The van der Waals surface area contributed by atoms with E-state index in [1.165, 1.54) is 34.0 Å². The number of fused-ring (bicyclic) bond motifs is 4. The number of carbonyl (C=O) groups excluding carboxylic acids is 2. The number of benzene rings is 2. The number of halogens is 2. The minimum Gasteiger partial charge on any atom is -0.451 e. The lowest BCUT2D eigenvalue weighted by Gasteiger charge is -2.50. The number of rotatable bonds is 5. The van der Waals surface area contributed by atoms with Gasteiger partial charge in [0.2, 0.25) is 18.0 Å². The number of aryl methyl sites for hydroxylation is 1. The normalized spacial score (nSPS) is 18.3. The van der Waals surface area contributed by atoms with Crippen LogP contribution in [0.5, 0.6) is 5.75 Å². The summed E-state index contributed by atoms with van der Waals surface area (Å²) in [7, 11) is 1.62. The molecule has 0 fully saturated rings. The fraction of sp³-hybridized carbons (Fsp3) is 0.345. The molecule has 0 aliphatic carbocycles. The summed E-state index contributed by atoms with van der Waals surface area (Å²) in [5.74, 6) is -2.69. The molecule has 210 valence electrons. The van der Waals surface area contributed by atoms with Gasteiger partial charge in [0.25, 0.3) is 5.91 Å². The molecule has 0 saturated carbocycles. The molecule has 40 heavy (non-hydrogen) atoms. The number of hydrogen-bond donors (Lipinski definition) is 0. The van der Waals surface area contributed by atoms with Crippen molar-refractivity contribution in [1.29, 1.82) is 0 Å². The lowest BCUT2D eigenvalue weighted by molar-refractivity contribution is -0.00924. The van der Waals surface area contributed by atoms with Crippen molar-refractivity contribution in [1.82, 2.24) is 9.58 Å². The van der Waals surface area contributed by atoms with Crippen molar-refractivity contribution in [2.45, 2.75) is 51.4 Å². The number of nitrogens with zero attached hydrogens (tertiary/aromatic N) is 3. The fourth-order valence-corrected chi connectivity index (χ4v) is 5.30. The lowest BCUT2D eigenvalue weighted by atomic mass is 9.88. The lowest BCUT2D eigenvalue weighted by Crippen LogP contribution is -2.61. The molecule has 1 amide bonds. The van der Waals surface area contributed by atoms with Crippen LogP contribution in [0.25, 0.3) is 0 Å². The molecule has 0 radical (unpaired) electrons. The standard InChI is InChI=1S/C29H29F2N3O6/c1-17(2)40-29(37)39-16-38-27-23(35)12-13-33-26(27)28(36)32(3)24-11-7-10-19-14-21(30)22(31)15-20(19)25(34(24)33)18-8-5-4-6-9-18/h4-6,8-9,12-15,17,24-25H,7,10-11,16H2,1-3H3. The Balaban J connectivity index is 1.66. The molecule has 11 heteroatoms. The van der Waals surface area contributed by atoms with Crippen LogP contribution in [0.15, 0.2) is 59.5 Å². The Hall–Kier alpha value is -4.41. The predicted molar refractivity (Wildman–Crippen MR) is 141 cm³/mol. The second-order valence-corrected chi connectivity index (χ2v) is 9.97.